The summed E-state index contributed by atoms with van der Waals surface area (Å²) in [7, 11) is 0. The van der Waals surface area contributed by atoms with Crippen LogP contribution in [0, 0.1) is 5.92 Å². The Hall–Kier alpha value is -0.970. The molecule has 2 saturated heterocycles. The summed E-state index contributed by atoms with van der Waals surface area (Å²) in [5.74, 6) is 0.559. The first-order valence-corrected chi connectivity index (χ1v) is 7.64. The molecule has 0 aromatic heterocycles. The van der Waals surface area contributed by atoms with Crippen LogP contribution in [-0.2, 0) is 4.79 Å². The zero-order valence-corrected chi connectivity index (χ0v) is 14.4. The third-order valence-electron chi connectivity index (χ3n) is 4.34. The summed E-state index contributed by atoms with van der Waals surface area (Å²) in [4.78, 5) is 16.9. The Morgan fingerprint density at radius 3 is 2.50 bits per heavy atom. The molecule has 2 aliphatic rings. The molecule has 2 aliphatic heterocycles. The smallest absolute Gasteiger partial charge is 0.227 e. The van der Waals surface area contributed by atoms with E-state index in [0.29, 0.717) is 5.91 Å². The molecular weight excluding hydrogens is 321 g/mol. The summed E-state index contributed by atoms with van der Waals surface area (Å²) in [5.41, 5.74) is 1.27. The SMILES string of the molecule is Cl.Cl.O=C(C1CCNC1)N1CCCN(c2ccccc2)CC1. The first-order valence-electron chi connectivity index (χ1n) is 7.64. The van der Waals surface area contributed by atoms with Crippen molar-refractivity contribution in [2.24, 2.45) is 5.92 Å². The number of hydrogen-bond acceptors (Lipinski definition) is 3. The fourth-order valence-corrected chi connectivity index (χ4v) is 3.16. The van der Waals surface area contributed by atoms with Gasteiger partial charge in [0.2, 0.25) is 5.91 Å². The van der Waals surface area contributed by atoms with E-state index in [0.717, 1.165) is 52.1 Å². The normalized spacial score (nSPS) is 21.5. The first-order chi connectivity index (χ1) is 9.84. The lowest BCUT2D eigenvalue weighted by Crippen LogP contribution is -2.39. The van der Waals surface area contributed by atoms with Crippen molar-refractivity contribution in [2.45, 2.75) is 12.8 Å². The van der Waals surface area contributed by atoms with Gasteiger partial charge in [0.25, 0.3) is 0 Å². The van der Waals surface area contributed by atoms with E-state index < -0.39 is 0 Å². The van der Waals surface area contributed by atoms with Crippen LogP contribution >= 0.6 is 24.8 Å². The van der Waals surface area contributed by atoms with Gasteiger partial charge in [0.05, 0.1) is 5.92 Å². The zero-order chi connectivity index (χ0) is 13.8. The predicted octanol–water partition coefficient (Wildman–Crippen LogP) is 2.18. The summed E-state index contributed by atoms with van der Waals surface area (Å²) >= 11 is 0. The van der Waals surface area contributed by atoms with Gasteiger partial charge in [-0.05, 0) is 31.5 Å². The minimum Gasteiger partial charge on any atom is -0.370 e. The molecule has 1 amide bonds. The van der Waals surface area contributed by atoms with Crippen molar-refractivity contribution in [1.82, 2.24) is 10.2 Å². The van der Waals surface area contributed by atoms with Crippen LogP contribution < -0.4 is 10.2 Å². The number of nitrogens with one attached hydrogen (secondary N) is 1. The van der Waals surface area contributed by atoms with Crippen LogP contribution in [0.1, 0.15) is 12.8 Å². The van der Waals surface area contributed by atoms with Gasteiger partial charge in [0.1, 0.15) is 0 Å². The Morgan fingerprint density at radius 2 is 1.82 bits per heavy atom. The molecule has 1 unspecified atom stereocenters. The van der Waals surface area contributed by atoms with Gasteiger partial charge in [0, 0.05) is 38.4 Å². The summed E-state index contributed by atoms with van der Waals surface area (Å²) in [6.07, 6.45) is 2.05. The van der Waals surface area contributed by atoms with Crippen molar-refractivity contribution in [1.29, 1.82) is 0 Å². The molecule has 1 aromatic carbocycles. The number of amides is 1. The lowest BCUT2D eigenvalue weighted by molar-refractivity contribution is -0.134. The summed E-state index contributed by atoms with van der Waals surface area (Å²) in [6.45, 7) is 5.58. The lowest BCUT2D eigenvalue weighted by atomic mass is 10.1. The Bertz CT molecular complexity index is 452. The zero-order valence-electron chi connectivity index (χ0n) is 12.7. The molecule has 0 aliphatic carbocycles. The lowest BCUT2D eigenvalue weighted by Gasteiger charge is -2.25. The third kappa shape index (κ3) is 4.51. The standard InChI is InChI=1S/C16H23N3O.2ClH/c20-16(14-7-8-17-13-14)19-10-4-9-18(11-12-19)15-5-2-1-3-6-15;;/h1-3,5-6,14,17H,4,7-13H2;2*1H. The molecule has 4 nitrogen and oxygen atoms in total. The topological polar surface area (TPSA) is 35.6 Å². The highest BCUT2D eigenvalue weighted by molar-refractivity contribution is 5.85. The second kappa shape index (κ2) is 9.23. The third-order valence-corrected chi connectivity index (χ3v) is 4.34. The van der Waals surface area contributed by atoms with Crippen LogP contribution in [0.3, 0.4) is 0 Å². The summed E-state index contributed by atoms with van der Waals surface area (Å²) in [6, 6.07) is 10.5. The largest absolute Gasteiger partial charge is 0.370 e. The van der Waals surface area contributed by atoms with Gasteiger partial charge in [-0.2, -0.15) is 0 Å². The molecule has 1 atom stereocenters. The van der Waals surface area contributed by atoms with Gasteiger partial charge >= 0.3 is 0 Å². The fraction of sp³-hybridized carbons (Fsp3) is 0.562. The number of carbonyl (C=O) groups excluding carboxylic acids is 1. The van der Waals surface area contributed by atoms with E-state index in [2.05, 4.69) is 39.4 Å². The number of nitrogens with zero attached hydrogens (tertiary/aromatic N) is 2. The van der Waals surface area contributed by atoms with Crippen molar-refractivity contribution in [3.8, 4) is 0 Å². The van der Waals surface area contributed by atoms with Crippen LogP contribution in [-0.4, -0.2) is 50.1 Å². The molecule has 124 valence electrons. The first kappa shape index (κ1) is 19.1. The van der Waals surface area contributed by atoms with Crippen molar-refractivity contribution < 1.29 is 4.79 Å². The van der Waals surface area contributed by atoms with Crippen molar-refractivity contribution in [2.75, 3.05) is 44.2 Å². The Labute approximate surface area is 145 Å². The molecule has 1 aromatic rings. The fourth-order valence-electron chi connectivity index (χ4n) is 3.16. The number of para-hydroxylation sites is 1. The average molecular weight is 346 g/mol. The van der Waals surface area contributed by atoms with Crippen LogP contribution in [0.5, 0.6) is 0 Å². The number of halogens is 2. The molecule has 22 heavy (non-hydrogen) atoms. The van der Waals surface area contributed by atoms with Crippen molar-refractivity contribution >= 4 is 36.4 Å². The maximum absolute atomic E-state index is 12.5. The number of hydrogen-bond donors (Lipinski definition) is 1. The maximum atomic E-state index is 12.5. The summed E-state index contributed by atoms with van der Waals surface area (Å²) < 4.78 is 0. The Morgan fingerprint density at radius 1 is 1.05 bits per heavy atom. The van der Waals surface area contributed by atoms with Gasteiger partial charge in [-0.25, -0.2) is 0 Å². The molecule has 0 spiro atoms. The second-order valence-electron chi connectivity index (χ2n) is 5.69. The van der Waals surface area contributed by atoms with E-state index in [-0.39, 0.29) is 30.7 Å². The van der Waals surface area contributed by atoms with Crippen LogP contribution in [0.2, 0.25) is 0 Å². The van der Waals surface area contributed by atoms with E-state index >= 15 is 0 Å². The van der Waals surface area contributed by atoms with Gasteiger partial charge in [-0.15, -0.1) is 24.8 Å². The Kier molecular flexibility index (Phi) is 8.01. The molecule has 3 rings (SSSR count). The van der Waals surface area contributed by atoms with E-state index in [1.807, 2.05) is 6.07 Å². The molecule has 1 N–H and O–H groups in total. The summed E-state index contributed by atoms with van der Waals surface area (Å²) in [5, 5.41) is 3.28. The highest BCUT2D eigenvalue weighted by Gasteiger charge is 2.28. The van der Waals surface area contributed by atoms with Gasteiger partial charge < -0.3 is 15.1 Å². The quantitative estimate of drug-likeness (QED) is 0.892. The monoisotopic (exact) mass is 345 g/mol. The van der Waals surface area contributed by atoms with Gasteiger partial charge in [0.15, 0.2) is 0 Å². The molecular formula is C16H25Cl2N3O. The number of anilines is 1. The average Bonchev–Trinajstić information content (AvgIpc) is 2.92. The van der Waals surface area contributed by atoms with Gasteiger partial charge in [-0.3, -0.25) is 4.79 Å². The van der Waals surface area contributed by atoms with E-state index in [1.165, 1.54) is 5.69 Å². The molecule has 2 fully saturated rings. The van der Waals surface area contributed by atoms with Crippen LogP contribution in [0.25, 0.3) is 0 Å². The minimum absolute atomic E-state index is 0. The van der Waals surface area contributed by atoms with E-state index in [4.69, 9.17) is 0 Å². The number of rotatable bonds is 2. The highest BCUT2D eigenvalue weighted by atomic mass is 35.5. The van der Waals surface area contributed by atoms with E-state index in [9.17, 15) is 4.79 Å². The number of benzene rings is 1. The Balaban J connectivity index is 0.00000121. The predicted molar refractivity (Wildman–Crippen MR) is 95.3 cm³/mol. The molecule has 0 saturated carbocycles. The van der Waals surface area contributed by atoms with E-state index in [1.54, 1.807) is 0 Å². The minimum atomic E-state index is 0. The molecule has 2 heterocycles. The molecule has 0 bridgehead atoms. The highest BCUT2D eigenvalue weighted by Crippen LogP contribution is 2.18. The van der Waals surface area contributed by atoms with Crippen LogP contribution in [0.15, 0.2) is 30.3 Å². The van der Waals surface area contributed by atoms with Gasteiger partial charge in [-0.1, -0.05) is 18.2 Å². The second-order valence-corrected chi connectivity index (χ2v) is 5.69. The van der Waals surface area contributed by atoms with Crippen molar-refractivity contribution in [3.63, 3.8) is 0 Å². The molecule has 6 heteroatoms. The number of carbonyl (C=O) groups is 1. The molecule has 0 radical (unpaired) electrons. The maximum Gasteiger partial charge on any atom is 0.227 e. The van der Waals surface area contributed by atoms with Crippen LogP contribution in [0.4, 0.5) is 5.69 Å². The van der Waals surface area contributed by atoms with Crippen molar-refractivity contribution in [3.05, 3.63) is 30.3 Å².